The van der Waals surface area contributed by atoms with Crippen LogP contribution in [0.25, 0.3) is 0 Å². The van der Waals surface area contributed by atoms with Crippen LogP contribution in [0.5, 0.6) is 0 Å². The quantitative estimate of drug-likeness (QED) is 0.787. The highest BCUT2D eigenvalue weighted by atomic mass is 16.2. The summed E-state index contributed by atoms with van der Waals surface area (Å²) in [4.78, 5) is 26.1. The minimum absolute atomic E-state index is 0.0715. The van der Waals surface area contributed by atoms with Crippen molar-refractivity contribution in [2.45, 2.75) is 51.0 Å². The van der Waals surface area contributed by atoms with Crippen molar-refractivity contribution in [3.05, 3.63) is 0 Å². The summed E-state index contributed by atoms with van der Waals surface area (Å²) in [5.41, 5.74) is -0.359. The number of hydrogen-bond donors (Lipinski definition) is 2. The molecule has 2 fully saturated rings. The van der Waals surface area contributed by atoms with Crippen molar-refractivity contribution in [1.82, 2.24) is 15.5 Å². The first-order valence-electron chi connectivity index (χ1n) is 7.75. The number of hydrogen-bond acceptors (Lipinski definition) is 3. The molecule has 20 heavy (non-hydrogen) atoms. The van der Waals surface area contributed by atoms with Crippen molar-refractivity contribution >= 4 is 11.8 Å². The molecule has 0 spiro atoms. The smallest absolute Gasteiger partial charge is 0.230 e. The van der Waals surface area contributed by atoms with Gasteiger partial charge in [-0.25, -0.2) is 0 Å². The van der Waals surface area contributed by atoms with Crippen LogP contribution >= 0.6 is 0 Å². The maximum Gasteiger partial charge on any atom is 0.230 e. The lowest BCUT2D eigenvalue weighted by molar-refractivity contribution is -0.139. The average molecular weight is 281 g/mol. The third-order valence-electron chi connectivity index (χ3n) is 4.64. The maximum absolute atomic E-state index is 12.4. The molecule has 114 valence electrons. The van der Waals surface area contributed by atoms with E-state index in [1.54, 1.807) is 19.0 Å². The van der Waals surface area contributed by atoms with Crippen LogP contribution in [-0.2, 0) is 9.59 Å². The third-order valence-corrected chi connectivity index (χ3v) is 4.64. The molecule has 1 aliphatic carbocycles. The summed E-state index contributed by atoms with van der Waals surface area (Å²) in [6.07, 6.45) is 6.72. The number of nitrogens with one attached hydrogen (secondary N) is 2. The van der Waals surface area contributed by atoms with E-state index >= 15 is 0 Å². The fraction of sp³-hybridized carbons (Fsp3) is 0.867. The molecule has 1 heterocycles. The largest absolute Gasteiger partial charge is 0.355 e. The van der Waals surface area contributed by atoms with Gasteiger partial charge in [0.15, 0.2) is 0 Å². The Bertz CT molecular complexity index is 356. The van der Waals surface area contributed by atoms with Crippen molar-refractivity contribution in [3.63, 3.8) is 0 Å². The van der Waals surface area contributed by atoms with E-state index in [-0.39, 0.29) is 17.2 Å². The normalized spacial score (nSPS) is 24.6. The van der Waals surface area contributed by atoms with Gasteiger partial charge in [0.05, 0.1) is 5.41 Å². The standard InChI is InChI=1S/C15H27N3O2/c1-18(2)14(20)15(7-3-4-8-15)11-17-13(19)10-12-6-5-9-16-12/h12,16H,3-11H2,1-2H3,(H,17,19). The molecule has 1 saturated carbocycles. The third kappa shape index (κ3) is 3.51. The lowest BCUT2D eigenvalue weighted by Gasteiger charge is -2.31. The Morgan fingerprint density at radius 1 is 1.25 bits per heavy atom. The predicted molar refractivity (Wildman–Crippen MR) is 78.2 cm³/mol. The Hall–Kier alpha value is -1.10. The summed E-state index contributed by atoms with van der Waals surface area (Å²) in [6, 6.07) is 0.319. The molecule has 1 atom stereocenters. The molecule has 0 radical (unpaired) electrons. The fourth-order valence-corrected chi connectivity index (χ4v) is 3.49. The van der Waals surface area contributed by atoms with Gasteiger partial charge in [-0.05, 0) is 32.2 Å². The highest BCUT2D eigenvalue weighted by Crippen LogP contribution is 2.38. The zero-order valence-electron chi connectivity index (χ0n) is 12.7. The molecule has 2 amide bonds. The van der Waals surface area contributed by atoms with Gasteiger partial charge in [0.2, 0.25) is 11.8 Å². The van der Waals surface area contributed by atoms with Gasteiger partial charge in [0.25, 0.3) is 0 Å². The topological polar surface area (TPSA) is 61.4 Å². The van der Waals surface area contributed by atoms with Crippen LogP contribution in [0.2, 0.25) is 0 Å². The van der Waals surface area contributed by atoms with Crippen molar-refractivity contribution < 1.29 is 9.59 Å². The molecule has 1 unspecified atom stereocenters. The Kier molecular flexibility index (Phi) is 5.02. The van der Waals surface area contributed by atoms with E-state index in [0.717, 1.165) is 45.1 Å². The maximum atomic E-state index is 12.4. The lowest BCUT2D eigenvalue weighted by atomic mass is 9.84. The average Bonchev–Trinajstić information content (AvgIpc) is 3.07. The summed E-state index contributed by atoms with van der Waals surface area (Å²) in [7, 11) is 3.60. The molecule has 2 N–H and O–H groups in total. The van der Waals surface area contributed by atoms with Gasteiger partial charge in [-0.1, -0.05) is 12.8 Å². The molecule has 0 bridgehead atoms. The van der Waals surface area contributed by atoms with Gasteiger partial charge >= 0.3 is 0 Å². The highest BCUT2D eigenvalue weighted by molar-refractivity contribution is 5.84. The second kappa shape index (κ2) is 6.57. The summed E-state index contributed by atoms with van der Waals surface area (Å²) >= 11 is 0. The lowest BCUT2D eigenvalue weighted by Crippen LogP contribution is -2.47. The van der Waals surface area contributed by atoms with Crippen LogP contribution < -0.4 is 10.6 Å². The van der Waals surface area contributed by atoms with E-state index in [1.165, 1.54) is 0 Å². The van der Waals surface area contributed by atoms with Crippen LogP contribution in [0.3, 0.4) is 0 Å². The first-order valence-corrected chi connectivity index (χ1v) is 7.75. The molecule has 5 nitrogen and oxygen atoms in total. The molecule has 2 rings (SSSR count). The molecule has 5 heteroatoms. The highest BCUT2D eigenvalue weighted by Gasteiger charge is 2.42. The van der Waals surface area contributed by atoms with Gasteiger partial charge < -0.3 is 15.5 Å². The van der Waals surface area contributed by atoms with Crippen molar-refractivity contribution in [3.8, 4) is 0 Å². The molecule has 1 aliphatic heterocycles. The summed E-state index contributed by atoms with van der Waals surface area (Å²) in [5.74, 6) is 0.233. The number of rotatable bonds is 5. The van der Waals surface area contributed by atoms with Crippen molar-refractivity contribution in [2.24, 2.45) is 5.41 Å². The minimum Gasteiger partial charge on any atom is -0.355 e. The molecule has 0 aromatic carbocycles. The van der Waals surface area contributed by atoms with Gasteiger partial charge in [-0.15, -0.1) is 0 Å². The molecular weight excluding hydrogens is 254 g/mol. The Balaban J connectivity index is 1.85. The Morgan fingerprint density at radius 3 is 2.50 bits per heavy atom. The zero-order chi connectivity index (χ0) is 14.6. The molecule has 2 aliphatic rings. The van der Waals surface area contributed by atoms with Crippen LogP contribution in [0, 0.1) is 5.41 Å². The van der Waals surface area contributed by atoms with E-state index in [1.807, 2.05) is 0 Å². The van der Waals surface area contributed by atoms with E-state index in [9.17, 15) is 9.59 Å². The summed E-state index contributed by atoms with van der Waals surface area (Å²) in [6.45, 7) is 1.51. The van der Waals surface area contributed by atoms with Crippen molar-refractivity contribution in [2.75, 3.05) is 27.2 Å². The fourth-order valence-electron chi connectivity index (χ4n) is 3.49. The number of carbonyl (C=O) groups excluding carboxylic acids is 2. The van der Waals surface area contributed by atoms with Gasteiger partial charge in [0.1, 0.15) is 0 Å². The summed E-state index contributed by atoms with van der Waals surface area (Å²) < 4.78 is 0. The van der Waals surface area contributed by atoms with Crippen LogP contribution in [0.4, 0.5) is 0 Å². The SMILES string of the molecule is CN(C)C(=O)C1(CNC(=O)CC2CCCN2)CCCC1. The van der Waals surface area contributed by atoms with Crippen LogP contribution in [-0.4, -0.2) is 49.9 Å². The van der Waals surface area contributed by atoms with Crippen LogP contribution in [0.15, 0.2) is 0 Å². The van der Waals surface area contributed by atoms with Gasteiger partial charge in [-0.2, -0.15) is 0 Å². The number of nitrogens with zero attached hydrogens (tertiary/aromatic N) is 1. The summed E-state index contributed by atoms with van der Waals surface area (Å²) in [5, 5.41) is 6.33. The predicted octanol–water partition coefficient (Wildman–Crippen LogP) is 0.893. The van der Waals surface area contributed by atoms with E-state index in [4.69, 9.17) is 0 Å². The number of carbonyl (C=O) groups is 2. The first-order chi connectivity index (χ1) is 9.53. The molecule has 1 saturated heterocycles. The van der Waals surface area contributed by atoms with Gasteiger partial charge in [0, 0.05) is 33.1 Å². The van der Waals surface area contributed by atoms with E-state index in [0.29, 0.717) is 19.0 Å². The van der Waals surface area contributed by atoms with E-state index in [2.05, 4.69) is 10.6 Å². The van der Waals surface area contributed by atoms with Crippen LogP contribution in [0.1, 0.15) is 44.9 Å². The van der Waals surface area contributed by atoms with E-state index < -0.39 is 0 Å². The zero-order valence-corrected chi connectivity index (χ0v) is 12.7. The molecule has 0 aromatic rings. The molecular formula is C15H27N3O2. The minimum atomic E-state index is -0.359. The first kappa shape index (κ1) is 15.3. The van der Waals surface area contributed by atoms with Gasteiger partial charge in [-0.3, -0.25) is 9.59 Å². The monoisotopic (exact) mass is 281 g/mol. The molecule has 0 aromatic heterocycles. The Morgan fingerprint density at radius 2 is 1.95 bits per heavy atom. The Labute approximate surface area is 121 Å². The number of amides is 2. The second-order valence-electron chi connectivity index (χ2n) is 6.46. The second-order valence-corrected chi connectivity index (χ2v) is 6.46. The van der Waals surface area contributed by atoms with Crippen molar-refractivity contribution in [1.29, 1.82) is 0 Å².